The number of benzene rings is 1. The molecule has 0 heterocycles. The van der Waals surface area contributed by atoms with Gasteiger partial charge < -0.3 is 5.32 Å². The predicted octanol–water partition coefficient (Wildman–Crippen LogP) is 5.08. The Morgan fingerprint density at radius 1 is 1.05 bits per heavy atom. The Balaban J connectivity index is 2.22. The lowest BCUT2D eigenvalue weighted by molar-refractivity contribution is 0.0953. The first-order valence-electron chi connectivity index (χ1n) is 6.88. The monoisotopic (exact) mass is 301 g/mol. The van der Waals surface area contributed by atoms with Crippen LogP contribution in [0, 0.1) is 0 Å². The first-order chi connectivity index (χ1) is 9.15. The van der Waals surface area contributed by atoms with E-state index in [1.165, 1.54) is 32.1 Å². The van der Waals surface area contributed by atoms with Gasteiger partial charge in [-0.1, -0.05) is 62.2 Å². The maximum absolute atomic E-state index is 11.8. The number of unbranched alkanes of at least 4 members (excludes halogenated alkanes) is 5. The van der Waals surface area contributed by atoms with Crippen LogP contribution >= 0.6 is 23.2 Å². The largest absolute Gasteiger partial charge is 0.352 e. The molecular weight excluding hydrogens is 281 g/mol. The smallest absolute Gasteiger partial charge is 0.251 e. The molecule has 0 atom stereocenters. The summed E-state index contributed by atoms with van der Waals surface area (Å²) in [6, 6.07) is 4.93. The summed E-state index contributed by atoms with van der Waals surface area (Å²) in [7, 11) is 0. The fourth-order valence-electron chi connectivity index (χ4n) is 1.85. The summed E-state index contributed by atoms with van der Waals surface area (Å²) in [4.78, 5) is 11.8. The molecule has 1 aromatic carbocycles. The lowest BCUT2D eigenvalue weighted by Crippen LogP contribution is -2.24. The minimum Gasteiger partial charge on any atom is -0.352 e. The molecule has 0 aliphatic rings. The Bertz CT molecular complexity index is 407. The van der Waals surface area contributed by atoms with Crippen molar-refractivity contribution in [2.75, 3.05) is 6.54 Å². The van der Waals surface area contributed by atoms with E-state index in [4.69, 9.17) is 23.2 Å². The van der Waals surface area contributed by atoms with E-state index >= 15 is 0 Å². The highest BCUT2D eigenvalue weighted by atomic mass is 35.5. The average Bonchev–Trinajstić information content (AvgIpc) is 2.40. The Morgan fingerprint density at radius 3 is 2.42 bits per heavy atom. The molecule has 0 saturated heterocycles. The number of rotatable bonds is 8. The molecule has 0 saturated carbocycles. The first kappa shape index (κ1) is 16.3. The highest BCUT2D eigenvalue weighted by Crippen LogP contribution is 2.22. The fraction of sp³-hybridized carbons (Fsp3) is 0.533. The molecule has 4 heteroatoms. The Morgan fingerprint density at radius 2 is 1.74 bits per heavy atom. The zero-order valence-electron chi connectivity index (χ0n) is 11.3. The normalized spacial score (nSPS) is 10.5. The molecule has 0 aliphatic heterocycles. The van der Waals surface area contributed by atoms with Crippen molar-refractivity contribution in [3.63, 3.8) is 0 Å². The second-order valence-corrected chi connectivity index (χ2v) is 5.47. The SMILES string of the molecule is CCCCCCCCNC(=O)c1ccc(Cl)c(Cl)c1. The van der Waals surface area contributed by atoms with Gasteiger partial charge in [0, 0.05) is 12.1 Å². The van der Waals surface area contributed by atoms with E-state index in [0.29, 0.717) is 22.2 Å². The van der Waals surface area contributed by atoms with Gasteiger partial charge in [-0.25, -0.2) is 0 Å². The van der Waals surface area contributed by atoms with Gasteiger partial charge in [-0.3, -0.25) is 4.79 Å². The van der Waals surface area contributed by atoms with E-state index in [9.17, 15) is 4.79 Å². The summed E-state index contributed by atoms with van der Waals surface area (Å²) in [5, 5.41) is 3.77. The summed E-state index contributed by atoms with van der Waals surface area (Å²) in [5.41, 5.74) is 0.556. The first-order valence-corrected chi connectivity index (χ1v) is 7.64. The number of amides is 1. The van der Waals surface area contributed by atoms with Gasteiger partial charge in [-0.15, -0.1) is 0 Å². The number of carbonyl (C=O) groups is 1. The summed E-state index contributed by atoms with van der Waals surface area (Å²) in [6.45, 7) is 2.92. The molecular formula is C15H21Cl2NO. The topological polar surface area (TPSA) is 29.1 Å². The molecule has 106 valence electrons. The molecule has 19 heavy (non-hydrogen) atoms. The van der Waals surface area contributed by atoms with Crippen molar-refractivity contribution in [1.82, 2.24) is 5.32 Å². The second-order valence-electron chi connectivity index (χ2n) is 4.65. The molecule has 0 aromatic heterocycles. The van der Waals surface area contributed by atoms with Gasteiger partial charge in [-0.05, 0) is 24.6 Å². The van der Waals surface area contributed by atoms with E-state index in [-0.39, 0.29) is 5.91 Å². The number of hydrogen-bond acceptors (Lipinski definition) is 1. The summed E-state index contributed by atoms with van der Waals surface area (Å²) in [5.74, 6) is -0.0906. The molecule has 0 radical (unpaired) electrons. The van der Waals surface area contributed by atoms with Crippen LogP contribution in [0.15, 0.2) is 18.2 Å². The molecule has 2 nitrogen and oxygen atoms in total. The minimum absolute atomic E-state index is 0.0906. The van der Waals surface area contributed by atoms with Gasteiger partial charge >= 0.3 is 0 Å². The maximum atomic E-state index is 11.8. The average molecular weight is 302 g/mol. The third kappa shape index (κ3) is 6.31. The van der Waals surface area contributed by atoms with Gasteiger partial charge in [0.25, 0.3) is 5.91 Å². The van der Waals surface area contributed by atoms with Crippen LogP contribution in [0.2, 0.25) is 10.0 Å². The summed E-state index contributed by atoms with van der Waals surface area (Å²) >= 11 is 11.7. The number of hydrogen-bond donors (Lipinski definition) is 1. The molecule has 0 bridgehead atoms. The highest BCUT2D eigenvalue weighted by Gasteiger charge is 2.07. The Kier molecular flexibility index (Phi) is 7.92. The van der Waals surface area contributed by atoms with Crippen LogP contribution in [-0.4, -0.2) is 12.5 Å². The maximum Gasteiger partial charge on any atom is 0.251 e. The van der Waals surface area contributed by atoms with E-state index in [1.807, 2.05) is 0 Å². The van der Waals surface area contributed by atoms with Crippen LogP contribution in [0.3, 0.4) is 0 Å². The van der Waals surface area contributed by atoms with Gasteiger partial charge in [0.05, 0.1) is 10.0 Å². The van der Waals surface area contributed by atoms with Crippen LogP contribution in [0.4, 0.5) is 0 Å². The standard InChI is InChI=1S/C15H21Cl2NO/c1-2-3-4-5-6-7-10-18-15(19)12-8-9-13(16)14(17)11-12/h8-9,11H,2-7,10H2,1H3,(H,18,19). The third-order valence-corrected chi connectivity index (χ3v) is 3.74. The molecule has 1 aromatic rings. The molecule has 0 unspecified atom stereocenters. The zero-order valence-corrected chi connectivity index (χ0v) is 12.9. The lowest BCUT2D eigenvalue weighted by atomic mass is 10.1. The number of halogens is 2. The quantitative estimate of drug-likeness (QED) is 0.666. The van der Waals surface area contributed by atoms with E-state index < -0.39 is 0 Å². The Labute approximate surface area is 125 Å². The summed E-state index contributed by atoms with van der Waals surface area (Å²) in [6.07, 6.45) is 7.29. The van der Waals surface area contributed by atoms with Gasteiger partial charge in [0.2, 0.25) is 0 Å². The molecule has 0 aliphatic carbocycles. The van der Waals surface area contributed by atoms with Crippen molar-refractivity contribution in [2.24, 2.45) is 0 Å². The van der Waals surface area contributed by atoms with Gasteiger partial charge in [-0.2, -0.15) is 0 Å². The number of nitrogens with one attached hydrogen (secondary N) is 1. The van der Waals surface area contributed by atoms with Crippen LogP contribution in [0.25, 0.3) is 0 Å². The lowest BCUT2D eigenvalue weighted by Gasteiger charge is -2.06. The fourth-order valence-corrected chi connectivity index (χ4v) is 2.14. The van der Waals surface area contributed by atoms with Gasteiger partial charge in [0.15, 0.2) is 0 Å². The molecule has 0 spiro atoms. The molecule has 1 rings (SSSR count). The van der Waals surface area contributed by atoms with Gasteiger partial charge in [0.1, 0.15) is 0 Å². The molecule has 0 fully saturated rings. The van der Waals surface area contributed by atoms with E-state index in [2.05, 4.69) is 12.2 Å². The van der Waals surface area contributed by atoms with Crippen LogP contribution < -0.4 is 5.32 Å². The zero-order chi connectivity index (χ0) is 14.1. The van der Waals surface area contributed by atoms with Crippen molar-refractivity contribution < 1.29 is 4.79 Å². The van der Waals surface area contributed by atoms with E-state index in [1.54, 1.807) is 18.2 Å². The predicted molar refractivity (Wildman–Crippen MR) is 82.2 cm³/mol. The van der Waals surface area contributed by atoms with Crippen molar-refractivity contribution in [3.8, 4) is 0 Å². The number of carbonyl (C=O) groups excluding carboxylic acids is 1. The Hall–Kier alpha value is -0.730. The van der Waals surface area contributed by atoms with Crippen molar-refractivity contribution in [3.05, 3.63) is 33.8 Å². The van der Waals surface area contributed by atoms with Crippen LogP contribution in [0.1, 0.15) is 55.8 Å². The van der Waals surface area contributed by atoms with Crippen molar-refractivity contribution >= 4 is 29.1 Å². The highest BCUT2D eigenvalue weighted by molar-refractivity contribution is 6.42. The van der Waals surface area contributed by atoms with Crippen molar-refractivity contribution in [1.29, 1.82) is 0 Å². The molecule has 1 N–H and O–H groups in total. The molecule has 1 amide bonds. The second kappa shape index (κ2) is 9.22. The van der Waals surface area contributed by atoms with Crippen LogP contribution in [0.5, 0.6) is 0 Å². The summed E-state index contributed by atoms with van der Waals surface area (Å²) < 4.78 is 0. The van der Waals surface area contributed by atoms with Crippen LogP contribution in [-0.2, 0) is 0 Å². The van der Waals surface area contributed by atoms with Crippen molar-refractivity contribution in [2.45, 2.75) is 45.4 Å². The minimum atomic E-state index is -0.0906. The van der Waals surface area contributed by atoms with E-state index in [0.717, 1.165) is 6.42 Å². The third-order valence-electron chi connectivity index (χ3n) is 3.00.